The number of nitrogens with one attached hydrogen (secondary N) is 2. The second-order valence-electron chi connectivity index (χ2n) is 7.36. The van der Waals surface area contributed by atoms with Gasteiger partial charge in [-0.2, -0.15) is 8.78 Å². The number of halogens is 3. The molecule has 0 bridgehead atoms. The van der Waals surface area contributed by atoms with Gasteiger partial charge in [0, 0.05) is 26.8 Å². The van der Waals surface area contributed by atoms with Crippen molar-refractivity contribution in [3.63, 3.8) is 0 Å². The predicted octanol–water partition coefficient (Wildman–Crippen LogP) is 4.57. The minimum Gasteiger partial charge on any atom is -0.493 e. The lowest BCUT2D eigenvalue weighted by Gasteiger charge is -2.30. The summed E-state index contributed by atoms with van der Waals surface area (Å²) in [6.07, 6.45) is 5.91. The van der Waals surface area contributed by atoms with Crippen LogP contribution in [0.5, 0.6) is 11.5 Å². The fourth-order valence-corrected chi connectivity index (χ4v) is 3.75. The summed E-state index contributed by atoms with van der Waals surface area (Å²) in [5.74, 6) is 0.991. The summed E-state index contributed by atoms with van der Waals surface area (Å²) >= 11 is 0. The number of methoxy groups -OCH3 is 2. The molecule has 1 aromatic rings. The summed E-state index contributed by atoms with van der Waals surface area (Å²) in [4.78, 5) is 4.61. The molecule has 1 aliphatic carbocycles. The molecule has 172 valence electrons. The van der Waals surface area contributed by atoms with Gasteiger partial charge in [0.15, 0.2) is 17.5 Å². The van der Waals surface area contributed by atoms with Gasteiger partial charge in [-0.15, -0.1) is 24.0 Å². The zero-order valence-electron chi connectivity index (χ0n) is 18.0. The number of aliphatic imine (C=N–C) groups is 1. The molecule has 0 atom stereocenters. The number of guanidine groups is 1. The maximum Gasteiger partial charge on any atom is 0.387 e. The molecule has 30 heavy (non-hydrogen) atoms. The highest BCUT2D eigenvalue weighted by molar-refractivity contribution is 14.0. The van der Waals surface area contributed by atoms with Gasteiger partial charge in [0.2, 0.25) is 0 Å². The molecular formula is C21H34F2IN3O3. The molecule has 6 nitrogen and oxygen atoms in total. The van der Waals surface area contributed by atoms with E-state index in [0.29, 0.717) is 12.5 Å². The standard InChI is InChI=1S/C21H33F2N3O3.HI/c1-4-24-20(26-15-21(11-12-27-2)9-5-6-10-21)25-14-16-7-8-17(28-3)18(13-16)29-19(22)23;/h7-8,13,19H,4-6,9-12,14-15H2,1-3H3,(H2,24,25,26);1H. The molecule has 0 amide bonds. The van der Waals surface area contributed by atoms with Gasteiger partial charge in [-0.25, -0.2) is 4.99 Å². The van der Waals surface area contributed by atoms with E-state index in [1.807, 2.05) is 6.92 Å². The van der Waals surface area contributed by atoms with Crippen molar-refractivity contribution in [2.24, 2.45) is 10.4 Å². The van der Waals surface area contributed by atoms with Gasteiger partial charge in [0.05, 0.1) is 13.7 Å². The van der Waals surface area contributed by atoms with Crippen molar-refractivity contribution in [3.05, 3.63) is 23.8 Å². The summed E-state index contributed by atoms with van der Waals surface area (Å²) in [7, 11) is 3.16. The number of nitrogens with zero attached hydrogens (tertiary/aromatic N) is 1. The van der Waals surface area contributed by atoms with E-state index in [1.54, 1.807) is 19.2 Å². The first-order valence-electron chi connectivity index (χ1n) is 10.1. The first-order valence-corrected chi connectivity index (χ1v) is 10.1. The van der Waals surface area contributed by atoms with E-state index in [2.05, 4.69) is 20.4 Å². The van der Waals surface area contributed by atoms with Crippen LogP contribution in [0.4, 0.5) is 8.78 Å². The van der Waals surface area contributed by atoms with E-state index < -0.39 is 6.61 Å². The highest BCUT2D eigenvalue weighted by Crippen LogP contribution is 2.40. The number of benzene rings is 1. The minimum absolute atomic E-state index is 0. The molecular weight excluding hydrogens is 507 g/mol. The average molecular weight is 541 g/mol. The smallest absolute Gasteiger partial charge is 0.387 e. The number of alkyl halides is 2. The Morgan fingerprint density at radius 2 is 1.90 bits per heavy atom. The molecule has 0 spiro atoms. The van der Waals surface area contributed by atoms with Gasteiger partial charge in [0.25, 0.3) is 0 Å². The second kappa shape index (κ2) is 13.8. The van der Waals surface area contributed by atoms with E-state index in [1.165, 1.54) is 38.9 Å². The molecule has 0 unspecified atom stereocenters. The summed E-state index contributed by atoms with van der Waals surface area (Å²) in [5, 5.41) is 6.71. The maximum atomic E-state index is 12.6. The average Bonchev–Trinajstić information content (AvgIpc) is 3.17. The number of hydrogen-bond acceptors (Lipinski definition) is 4. The van der Waals surface area contributed by atoms with Crippen molar-refractivity contribution in [2.75, 3.05) is 33.9 Å². The first-order chi connectivity index (χ1) is 14.0. The Morgan fingerprint density at radius 1 is 1.17 bits per heavy atom. The molecule has 1 saturated carbocycles. The van der Waals surface area contributed by atoms with Crippen molar-refractivity contribution in [1.29, 1.82) is 0 Å². The zero-order valence-corrected chi connectivity index (χ0v) is 20.3. The van der Waals surface area contributed by atoms with E-state index in [9.17, 15) is 8.78 Å². The molecule has 1 aromatic carbocycles. The Morgan fingerprint density at radius 3 is 2.50 bits per heavy atom. The highest BCUT2D eigenvalue weighted by Gasteiger charge is 2.33. The van der Waals surface area contributed by atoms with Crippen molar-refractivity contribution in [3.8, 4) is 11.5 Å². The predicted molar refractivity (Wildman–Crippen MR) is 125 cm³/mol. The number of ether oxygens (including phenoxy) is 3. The van der Waals surface area contributed by atoms with Crippen LogP contribution < -0.4 is 20.1 Å². The molecule has 0 heterocycles. The van der Waals surface area contributed by atoms with Crippen LogP contribution in [0, 0.1) is 5.41 Å². The normalized spacial score (nSPS) is 15.6. The van der Waals surface area contributed by atoms with Crippen LogP contribution in [-0.2, 0) is 11.3 Å². The first kappa shape index (κ1) is 26.7. The molecule has 0 aliphatic heterocycles. The summed E-state index contributed by atoms with van der Waals surface area (Å²) in [6, 6.07) is 4.94. The lowest BCUT2D eigenvalue weighted by atomic mass is 9.83. The van der Waals surface area contributed by atoms with E-state index in [4.69, 9.17) is 9.47 Å². The Hall–Kier alpha value is -1.36. The molecule has 9 heteroatoms. The monoisotopic (exact) mass is 541 g/mol. The Bertz CT molecular complexity index is 656. The van der Waals surface area contributed by atoms with Gasteiger partial charge in [0.1, 0.15) is 0 Å². The van der Waals surface area contributed by atoms with Crippen LogP contribution in [0.2, 0.25) is 0 Å². The molecule has 2 N–H and O–H groups in total. The van der Waals surface area contributed by atoms with Gasteiger partial charge in [-0.1, -0.05) is 18.9 Å². The maximum absolute atomic E-state index is 12.6. The fraction of sp³-hybridized carbons (Fsp3) is 0.667. The third-order valence-corrected chi connectivity index (χ3v) is 5.34. The van der Waals surface area contributed by atoms with Crippen LogP contribution in [0.3, 0.4) is 0 Å². The Kier molecular flexibility index (Phi) is 12.3. The topological polar surface area (TPSA) is 64.1 Å². The third kappa shape index (κ3) is 8.41. The fourth-order valence-electron chi connectivity index (χ4n) is 3.75. The van der Waals surface area contributed by atoms with E-state index in [-0.39, 0.29) is 40.9 Å². The zero-order chi connectivity index (χ0) is 21.1. The number of rotatable bonds is 11. The summed E-state index contributed by atoms with van der Waals surface area (Å²) in [5.41, 5.74) is 0.999. The lowest BCUT2D eigenvalue weighted by Crippen LogP contribution is -2.43. The SMILES string of the molecule is CCNC(=NCc1ccc(OC)c(OC(F)F)c1)NCC1(CCOC)CCCC1.I. The molecule has 1 fully saturated rings. The summed E-state index contributed by atoms with van der Waals surface area (Å²) < 4.78 is 40.2. The third-order valence-electron chi connectivity index (χ3n) is 5.34. The van der Waals surface area contributed by atoms with Crippen LogP contribution in [0.25, 0.3) is 0 Å². The van der Waals surface area contributed by atoms with Crippen LogP contribution in [0.15, 0.2) is 23.2 Å². The van der Waals surface area contributed by atoms with Gasteiger partial charge in [-0.05, 0) is 49.3 Å². The van der Waals surface area contributed by atoms with Crippen molar-refractivity contribution in [1.82, 2.24) is 10.6 Å². The molecule has 0 aromatic heterocycles. The van der Waals surface area contributed by atoms with E-state index >= 15 is 0 Å². The molecule has 0 saturated heterocycles. The van der Waals surface area contributed by atoms with Crippen LogP contribution in [0.1, 0.15) is 44.6 Å². The van der Waals surface area contributed by atoms with Crippen molar-refractivity contribution < 1.29 is 23.0 Å². The Balaban J connectivity index is 0.00000450. The van der Waals surface area contributed by atoms with Crippen molar-refractivity contribution >= 4 is 29.9 Å². The van der Waals surface area contributed by atoms with Crippen LogP contribution >= 0.6 is 24.0 Å². The summed E-state index contributed by atoms with van der Waals surface area (Å²) in [6.45, 7) is 1.77. The van der Waals surface area contributed by atoms with Gasteiger partial charge < -0.3 is 24.8 Å². The quantitative estimate of drug-likeness (QED) is 0.244. The van der Waals surface area contributed by atoms with Gasteiger partial charge in [-0.3, -0.25) is 0 Å². The largest absolute Gasteiger partial charge is 0.493 e. The van der Waals surface area contributed by atoms with Crippen LogP contribution in [-0.4, -0.2) is 46.5 Å². The molecule has 1 aliphatic rings. The molecule has 2 rings (SSSR count). The van der Waals surface area contributed by atoms with Gasteiger partial charge >= 0.3 is 6.61 Å². The van der Waals surface area contributed by atoms with Crippen molar-refractivity contribution in [2.45, 2.75) is 52.2 Å². The highest BCUT2D eigenvalue weighted by atomic mass is 127. The minimum atomic E-state index is -2.91. The Labute approximate surface area is 195 Å². The second-order valence-corrected chi connectivity index (χ2v) is 7.36. The van der Waals surface area contributed by atoms with E-state index in [0.717, 1.165) is 31.7 Å². The number of hydrogen-bond donors (Lipinski definition) is 2. The molecule has 0 radical (unpaired) electrons. The lowest BCUT2D eigenvalue weighted by molar-refractivity contribution is -0.0512.